The molecule has 0 radical (unpaired) electrons. The second kappa shape index (κ2) is 7.64. The minimum atomic E-state index is -0.521. The second-order valence-electron chi connectivity index (χ2n) is 7.36. The van der Waals surface area contributed by atoms with Crippen LogP contribution in [0.15, 0.2) is 22.7 Å². The number of carbonyl (C=O) groups excluding carboxylic acids is 2. The molecule has 1 aromatic carbocycles. The van der Waals surface area contributed by atoms with Gasteiger partial charge in [0, 0.05) is 35.8 Å². The fourth-order valence-electron chi connectivity index (χ4n) is 2.67. The van der Waals surface area contributed by atoms with Gasteiger partial charge in [0.25, 0.3) is 0 Å². The Morgan fingerprint density at radius 2 is 1.96 bits per heavy atom. The summed E-state index contributed by atoms with van der Waals surface area (Å²) in [5.41, 5.74) is 1.25. The van der Waals surface area contributed by atoms with Gasteiger partial charge in [-0.15, -0.1) is 0 Å². The van der Waals surface area contributed by atoms with E-state index in [0.717, 1.165) is 15.7 Å². The number of hydrogen-bond donors (Lipinski definition) is 1. The van der Waals surface area contributed by atoms with Crippen molar-refractivity contribution in [2.45, 2.75) is 46.3 Å². The van der Waals surface area contributed by atoms with E-state index in [1.54, 1.807) is 9.80 Å². The van der Waals surface area contributed by atoms with Crippen LogP contribution in [0.25, 0.3) is 0 Å². The van der Waals surface area contributed by atoms with Gasteiger partial charge in [-0.25, -0.2) is 9.59 Å². The van der Waals surface area contributed by atoms with Crippen LogP contribution < -0.4 is 5.32 Å². The summed E-state index contributed by atoms with van der Waals surface area (Å²) in [6, 6.07) is 5.53. The van der Waals surface area contributed by atoms with Crippen LogP contribution in [-0.4, -0.2) is 53.2 Å². The number of ether oxygens (including phenoxy) is 1. The van der Waals surface area contributed by atoms with Crippen LogP contribution in [0.3, 0.4) is 0 Å². The Balaban J connectivity index is 1.97. The third kappa shape index (κ3) is 5.36. The van der Waals surface area contributed by atoms with E-state index in [-0.39, 0.29) is 18.2 Å². The van der Waals surface area contributed by atoms with Gasteiger partial charge < -0.3 is 19.9 Å². The van der Waals surface area contributed by atoms with Crippen LogP contribution in [0.2, 0.25) is 0 Å². The van der Waals surface area contributed by atoms with Crippen molar-refractivity contribution in [1.29, 1.82) is 0 Å². The van der Waals surface area contributed by atoms with E-state index in [0.29, 0.717) is 19.6 Å². The summed E-state index contributed by atoms with van der Waals surface area (Å²) < 4.78 is 6.32. The lowest BCUT2D eigenvalue weighted by Crippen LogP contribution is -2.57. The van der Waals surface area contributed by atoms with Crippen LogP contribution in [0.4, 0.5) is 15.3 Å². The monoisotopic (exact) mass is 411 g/mol. The molecular weight excluding hydrogens is 386 g/mol. The molecule has 7 heteroatoms. The van der Waals surface area contributed by atoms with Crippen LogP contribution >= 0.6 is 15.9 Å². The van der Waals surface area contributed by atoms with Gasteiger partial charge in [0.1, 0.15) is 5.60 Å². The fourth-order valence-corrected chi connectivity index (χ4v) is 3.03. The first kappa shape index (κ1) is 19.6. The number of amides is 3. The minimum absolute atomic E-state index is 0.0891. The van der Waals surface area contributed by atoms with Gasteiger partial charge in [0.05, 0.1) is 0 Å². The maximum atomic E-state index is 12.6. The third-order valence-electron chi connectivity index (χ3n) is 3.98. The highest BCUT2D eigenvalue weighted by Crippen LogP contribution is 2.22. The molecule has 25 heavy (non-hydrogen) atoms. The van der Waals surface area contributed by atoms with Crippen molar-refractivity contribution in [3.8, 4) is 0 Å². The fraction of sp³-hybridized carbons (Fsp3) is 0.556. The molecule has 1 atom stereocenters. The van der Waals surface area contributed by atoms with Crippen LogP contribution in [-0.2, 0) is 4.74 Å². The van der Waals surface area contributed by atoms with E-state index in [1.165, 1.54) is 0 Å². The molecule has 0 aromatic heterocycles. The molecule has 0 aliphatic carbocycles. The number of urea groups is 1. The summed E-state index contributed by atoms with van der Waals surface area (Å²) >= 11 is 3.42. The number of benzene rings is 1. The summed E-state index contributed by atoms with van der Waals surface area (Å²) in [6.07, 6.45) is -0.331. The molecule has 0 bridgehead atoms. The third-order valence-corrected chi connectivity index (χ3v) is 4.47. The second-order valence-corrected chi connectivity index (χ2v) is 8.27. The van der Waals surface area contributed by atoms with E-state index in [2.05, 4.69) is 21.2 Å². The molecule has 0 spiro atoms. The Hall–Kier alpha value is -1.76. The SMILES string of the molecule is Cc1ccc(Br)cc1NC(=O)N1CCN(C(=O)OC(C)(C)C)C[C@@H]1C. The van der Waals surface area contributed by atoms with Gasteiger partial charge in [-0.2, -0.15) is 0 Å². The summed E-state index contributed by atoms with van der Waals surface area (Å²) in [6.45, 7) is 10.8. The standard InChI is InChI=1S/C18H26BrN3O3/c1-12-6-7-14(19)10-15(12)20-16(23)22-9-8-21(11-13(22)2)17(24)25-18(3,4)5/h6-7,10,13H,8-9,11H2,1-5H3,(H,20,23)/t13-/m0/s1. The van der Waals surface area contributed by atoms with E-state index < -0.39 is 5.60 Å². The van der Waals surface area contributed by atoms with Crippen molar-refractivity contribution < 1.29 is 14.3 Å². The van der Waals surface area contributed by atoms with Crippen LogP contribution in [0.5, 0.6) is 0 Å². The van der Waals surface area contributed by atoms with Crippen molar-refractivity contribution in [1.82, 2.24) is 9.80 Å². The zero-order chi connectivity index (χ0) is 18.8. The van der Waals surface area contributed by atoms with E-state index in [4.69, 9.17) is 4.74 Å². The molecule has 138 valence electrons. The predicted octanol–water partition coefficient (Wildman–Crippen LogP) is 4.23. The number of anilines is 1. The number of piperazine rings is 1. The lowest BCUT2D eigenvalue weighted by atomic mass is 10.2. The zero-order valence-corrected chi connectivity index (χ0v) is 17.0. The highest BCUT2D eigenvalue weighted by molar-refractivity contribution is 9.10. The Morgan fingerprint density at radius 3 is 2.56 bits per heavy atom. The predicted molar refractivity (Wildman–Crippen MR) is 102 cm³/mol. The van der Waals surface area contributed by atoms with Crippen molar-refractivity contribution in [3.05, 3.63) is 28.2 Å². The molecule has 1 N–H and O–H groups in total. The summed E-state index contributed by atoms with van der Waals surface area (Å²) in [7, 11) is 0. The number of halogens is 1. The normalized spacial score (nSPS) is 18.1. The lowest BCUT2D eigenvalue weighted by molar-refractivity contribution is 0.0112. The van der Waals surface area contributed by atoms with Crippen molar-refractivity contribution in [2.24, 2.45) is 0 Å². The Morgan fingerprint density at radius 1 is 1.28 bits per heavy atom. The maximum absolute atomic E-state index is 12.6. The highest BCUT2D eigenvalue weighted by Gasteiger charge is 2.32. The molecule has 1 aliphatic heterocycles. The quantitative estimate of drug-likeness (QED) is 0.751. The summed E-state index contributed by atoms with van der Waals surface area (Å²) in [4.78, 5) is 28.2. The van der Waals surface area contributed by atoms with Gasteiger partial charge >= 0.3 is 12.1 Å². The van der Waals surface area contributed by atoms with E-state index in [9.17, 15) is 9.59 Å². The van der Waals surface area contributed by atoms with Gasteiger partial charge in [-0.1, -0.05) is 22.0 Å². The van der Waals surface area contributed by atoms with Crippen LogP contribution in [0.1, 0.15) is 33.3 Å². The molecule has 0 saturated carbocycles. The van der Waals surface area contributed by atoms with Crippen molar-refractivity contribution >= 4 is 33.7 Å². The molecule has 6 nitrogen and oxygen atoms in total. The largest absolute Gasteiger partial charge is 0.444 e. The van der Waals surface area contributed by atoms with Gasteiger partial charge in [0.15, 0.2) is 0 Å². The molecule has 1 saturated heterocycles. The first-order valence-corrected chi connectivity index (χ1v) is 9.18. The number of nitrogens with one attached hydrogen (secondary N) is 1. The first-order chi connectivity index (χ1) is 11.6. The van der Waals surface area contributed by atoms with Crippen molar-refractivity contribution in [2.75, 3.05) is 25.0 Å². The number of aryl methyl sites for hydroxylation is 1. The molecule has 3 amide bonds. The van der Waals surface area contributed by atoms with E-state index in [1.807, 2.05) is 52.8 Å². The Kier molecular flexibility index (Phi) is 5.98. The van der Waals surface area contributed by atoms with E-state index >= 15 is 0 Å². The first-order valence-electron chi connectivity index (χ1n) is 8.38. The lowest BCUT2D eigenvalue weighted by Gasteiger charge is -2.40. The van der Waals surface area contributed by atoms with Gasteiger partial charge in [-0.3, -0.25) is 0 Å². The summed E-state index contributed by atoms with van der Waals surface area (Å²) in [5.74, 6) is 0. The van der Waals surface area contributed by atoms with Gasteiger partial charge in [0.2, 0.25) is 0 Å². The average molecular weight is 412 g/mol. The molecular formula is C18H26BrN3O3. The smallest absolute Gasteiger partial charge is 0.410 e. The maximum Gasteiger partial charge on any atom is 0.410 e. The molecule has 2 rings (SSSR count). The Bertz CT molecular complexity index is 657. The molecule has 1 aliphatic rings. The number of nitrogens with zero attached hydrogens (tertiary/aromatic N) is 2. The number of rotatable bonds is 1. The van der Waals surface area contributed by atoms with Crippen molar-refractivity contribution in [3.63, 3.8) is 0 Å². The molecule has 1 aromatic rings. The molecule has 0 unspecified atom stereocenters. The summed E-state index contributed by atoms with van der Waals surface area (Å²) in [5, 5.41) is 2.96. The Labute approximate surface area is 157 Å². The minimum Gasteiger partial charge on any atom is -0.444 e. The van der Waals surface area contributed by atoms with Crippen LogP contribution in [0, 0.1) is 6.92 Å². The highest BCUT2D eigenvalue weighted by atomic mass is 79.9. The zero-order valence-electron chi connectivity index (χ0n) is 15.4. The number of hydrogen-bond acceptors (Lipinski definition) is 3. The van der Waals surface area contributed by atoms with Gasteiger partial charge in [-0.05, 0) is 52.3 Å². The number of carbonyl (C=O) groups is 2. The molecule has 1 fully saturated rings. The molecule has 1 heterocycles. The topological polar surface area (TPSA) is 61.9 Å². The average Bonchev–Trinajstić information content (AvgIpc) is 2.49.